The van der Waals surface area contributed by atoms with Gasteiger partial charge in [-0.05, 0) is 19.3 Å². The normalized spacial score (nSPS) is 36.9. The maximum Gasteiger partial charge on any atom is 0.194 e. The van der Waals surface area contributed by atoms with Gasteiger partial charge in [-0.1, -0.05) is 12.8 Å². The van der Waals surface area contributed by atoms with Gasteiger partial charge in [-0.3, -0.25) is 0 Å². The molecule has 4 heteroatoms. The fourth-order valence-electron chi connectivity index (χ4n) is 1.68. The summed E-state index contributed by atoms with van der Waals surface area (Å²) in [6.45, 7) is 0.182. The van der Waals surface area contributed by atoms with Gasteiger partial charge < -0.3 is 9.47 Å². The number of hydrogen-bond acceptors (Lipinski definition) is 4. The predicted molar refractivity (Wildman–Crippen MR) is 44.5 cm³/mol. The third-order valence-corrected chi connectivity index (χ3v) is 2.41. The molecule has 2 bridgehead atoms. The van der Waals surface area contributed by atoms with Crippen LogP contribution in [0.15, 0.2) is 0 Å². The van der Waals surface area contributed by atoms with Gasteiger partial charge in [-0.25, -0.2) is 9.78 Å². The van der Waals surface area contributed by atoms with Crippen molar-refractivity contribution in [3.8, 4) is 0 Å². The van der Waals surface area contributed by atoms with Crippen LogP contribution >= 0.6 is 0 Å². The van der Waals surface area contributed by atoms with Crippen LogP contribution in [0.5, 0.6) is 0 Å². The van der Waals surface area contributed by atoms with Gasteiger partial charge in [0.05, 0.1) is 0 Å². The zero-order chi connectivity index (χ0) is 8.93. The van der Waals surface area contributed by atoms with Crippen molar-refractivity contribution in [2.75, 3.05) is 6.79 Å². The van der Waals surface area contributed by atoms with Crippen LogP contribution in [0.25, 0.3) is 0 Å². The number of rotatable bonds is 0. The number of ether oxygens (including phenoxy) is 2. The highest BCUT2D eigenvalue weighted by Gasteiger charge is 2.23. The van der Waals surface area contributed by atoms with Gasteiger partial charge in [-0.2, -0.15) is 0 Å². The molecule has 2 saturated heterocycles. The molecule has 76 valence electrons. The lowest BCUT2D eigenvalue weighted by Gasteiger charge is -2.16. The van der Waals surface area contributed by atoms with Crippen LogP contribution in [0.3, 0.4) is 0 Å². The van der Waals surface area contributed by atoms with Gasteiger partial charge in [0.1, 0.15) is 0 Å². The van der Waals surface area contributed by atoms with E-state index in [2.05, 4.69) is 0 Å². The lowest BCUT2D eigenvalue weighted by molar-refractivity contribution is -0.372. The van der Waals surface area contributed by atoms with Crippen molar-refractivity contribution >= 4 is 0 Å². The fourth-order valence-corrected chi connectivity index (χ4v) is 1.68. The molecule has 2 fully saturated rings. The lowest BCUT2D eigenvalue weighted by Crippen LogP contribution is -2.22. The van der Waals surface area contributed by atoms with Gasteiger partial charge >= 0.3 is 0 Å². The van der Waals surface area contributed by atoms with E-state index < -0.39 is 0 Å². The van der Waals surface area contributed by atoms with E-state index in [-0.39, 0.29) is 19.4 Å². The van der Waals surface area contributed by atoms with Crippen molar-refractivity contribution in [2.45, 2.75) is 51.1 Å². The minimum atomic E-state index is -0.231. The Balaban J connectivity index is 1.91. The topological polar surface area (TPSA) is 36.9 Å². The summed E-state index contributed by atoms with van der Waals surface area (Å²) >= 11 is 0. The smallest absolute Gasteiger partial charge is 0.194 e. The van der Waals surface area contributed by atoms with E-state index >= 15 is 0 Å². The van der Waals surface area contributed by atoms with Crippen LogP contribution in [-0.2, 0) is 19.2 Å². The zero-order valence-electron chi connectivity index (χ0n) is 7.74. The molecule has 2 heterocycles. The second-order valence-corrected chi connectivity index (χ2v) is 3.49. The number of hydrogen-bond donors (Lipinski definition) is 0. The van der Waals surface area contributed by atoms with Crippen LogP contribution in [0.2, 0.25) is 0 Å². The molecule has 0 aromatic heterocycles. The van der Waals surface area contributed by atoms with Gasteiger partial charge in [0.25, 0.3) is 0 Å². The molecule has 0 N–H and O–H groups in total. The molecular formula is C9H16O4. The SMILES string of the molecule is C1CCCC2OOCOC(CC1)O2. The highest BCUT2D eigenvalue weighted by Crippen LogP contribution is 2.21. The van der Waals surface area contributed by atoms with Crippen LogP contribution in [-0.4, -0.2) is 19.4 Å². The highest BCUT2D eigenvalue weighted by molar-refractivity contribution is 4.56. The van der Waals surface area contributed by atoms with Crippen molar-refractivity contribution in [3.63, 3.8) is 0 Å². The molecule has 0 saturated carbocycles. The summed E-state index contributed by atoms with van der Waals surface area (Å²) in [4.78, 5) is 9.83. The minimum absolute atomic E-state index is 0.134. The Morgan fingerprint density at radius 1 is 0.846 bits per heavy atom. The molecule has 0 aromatic rings. The van der Waals surface area contributed by atoms with Crippen molar-refractivity contribution in [2.24, 2.45) is 0 Å². The summed E-state index contributed by atoms with van der Waals surface area (Å²) in [5.41, 5.74) is 0. The predicted octanol–water partition coefficient (Wildman–Crippen LogP) is 1.95. The van der Waals surface area contributed by atoms with Crippen LogP contribution in [0.1, 0.15) is 38.5 Å². The Morgan fingerprint density at radius 2 is 1.62 bits per heavy atom. The minimum Gasteiger partial charge on any atom is -0.323 e. The Hall–Kier alpha value is -0.160. The summed E-state index contributed by atoms with van der Waals surface area (Å²) in [5, 5.41) is 0. The van der Waals surface area contributed by atoms with Crippen LogP contribution in [0.4, 0.5) is 0 Å². The average Bonchev–Trinajstić information content (AvgIpc) is 2.27. The van der Waals surface area contributed by atoms with Crippen molar-refractivity contribution in [1.82, 2.24) is 0 Å². The van der Waals surface area contributed by atoms with Crippen molar-refractivity contribution < 1.29 is 19.2 Å². The molecule has 2 rings (SSSR count). The molecule has 0 spiro atoms. The molecule has 0 amide bonds. The first-order chi connectivity index (χ1) is 6.45. The molecule has 0 radical (unpaired) electrons. The van der Waals surface area contributed by atoms with E-state index in [1.165, 1.54) is 12.8 Å². The maximum absolute atomic E-state index is 5.56. The molecule has 2 atom stereocenters. The van der Waals surface area contributed by atoms with Gasteiger partial charge in [0.2, 0.25) is 0 Å². The number of fused-ring (bicyclic) bond motifs is 2. The summed E-state index contributed by atoms with van der Waals surface area (Å²) in [5.74, 6) is 0. The Kier molecular flexibility index (Phi) is 3.55. The van der Waals surface area contributed by atoms with Crippen molar-refractivity contribution in [3.05, 3.63) is 0 Å². The molecule has 2 aliphatic heterocycles. The van der Waals surface area contributed by atoms with E-state index in [4.69, 9.17) is 19.2 Å². The largest absolute Gasteiger partial charge is 0.323 e. The van der Waals surface area contributed by atoms with E-state index in [1.807, 2.05) is 0 Å². The third-order valence-electron chi connectivity index (χ3n) is 2.41. The van der Waals surface area contributed by atoms with Crippen LogP contribution < -0.4 is 0 Å². The lowest BCUT2D eigenvalue weighted by atomic mass is 10.1. The standard InChI is InChI=1S/C9H16O4/c1-2-4-6-9-12-8(5-3-1)10-7-11-13-9/h8-9H,1-7H2. The first kappa shape index (κ1) is 9.40. The first-order valence-corrected chi connectivity index (χ1v) is 5.00. The van der Waals surface area contributed by atoms with Crippen LogP contribution in [0, 0.1) is 0 Å². The van der Waals surface area contributed by atoms with E-state index in [0.717, 1.165) is 25.7 Å². The quantitative estimate of drug-likeness (QED) is 0.544. The van der Waals surface area contributed by atoms with E-state index in [0.29, 0.717) is 0 Å². The Morgan fingerprint density at radius 3 is 2.46 bits per heavy atom. The Bertz CT molecular complexity index is 135. The summed E-state index contributed by atoms with van der Waals surface area (Å²) in [6, 6.07) is 0. The van der Waals surface area contributed by atoms with E-state index in [9.17, 15) is 0 Å². The fraction of sp³-hybridized carbons (Fsp3) is 1.00. The monoisotopic (exact) mass is 188 g/mol. The molecule has 0 aliphatic carbocycles. The molecule has 4 nitrogen and oxygen atoms in total. The van der Waals surface area contributed by atoms with E-state index in [1.54, 1.807) is 0 Å². The molecular weight excluding hydrogens is 172 g/mol. The second kappa shape index (κ2) is 4.91. The van der Waals surface area contributed by atoms with Gasteiger partial charge in [-0.15, -0.1) is 0 Å². The summed E-state index contributed by atoms with van der Waals surface area (Å²) in [7, 11) is 0. The first-order valence-electron chi connectivity index (χ1n) is 5.00. The summed E-state index contributed by atoms with van der Waals surface area (Å²) < 4.78 is 10.9. The second-order valence-electron chi connectivity index (χ2n) is 3.49. The van der Waals surface area contributed by atoms with Gasteiger partial charge in [0, 0.05) is 6.42 Å². The summed E-state index contributed by atoms with van der Waals surface area (Å²) in [6.07, 6.45) is 6.30. The Labute approximate surface area is 78.0 Å². The maximum atomic E-state index is 5.56. The molecule has 13 heavy (non-hydrogen) atoms. The van der Waals surface area contributed by atoms with Gasteiger partial charge in [0.15, 0.2) is 19.4 Å². The third kappa shape index (κ3) is 2.91. The average molecular weight is 188 g/mol. The highest BCUT2D eigenvalue weighted by atomic mass is 17.3. The van der Waals surface area contributed by atoms with Crippen molar-refractivity contribution in [1.29, 1.82) is 0 Å². The molecule has 0 aromatic carbocycles. The zero-order valence-corrected chi connectivity index (χ0v) is 7.74. The molecule has 2 aliphatic rings. The molecule has 2 unspecified atom stereocenters.